The number of likely N-dealkylation sites (tertiary alicyclic amines) is 1. The van der Waals surface area contributed by atoms with Crippen LogP contribution >= 0.6 is 11.6 Å². The van der Waals surface area contributed by atoms with E-state index in [1.807, 2.05) is 36.5 Å². The molecule has 2 aliphatic rings. The van der Waals surface area contributed by atoms with Gasteiger partial charge in [-0.3, -0.25) is 9.69 Å². The van der Waals surface area contributed by atoms with Crippen molar-refractivity contribution >= 4 is 29.5 Å². The Hall–Kier alpha value is -2.48. The molecule has 0 unspecified atom stereocenters. The number of hydrogen-bond donors (Lipinski definition) is 1. The molecule has 1 amide bonds. The third kappa shape index (κ3) is 6.06. The summed E-state index contributed by atoms with van der Waals surface area (Å²) in [4.78, 5) is 24.0. The largest absolute Gasteiger partial charge is 0.354 e. The molecule has 7 nitrogen and oxygen atoms in total. The van der Waals surface area contributed by atoms with E-state index in [0.717, 1.165) is 69.5 Å². The molecule has 0 spiro atoms. The first-order valence-corrected chi connectivity index (χ1v) is 11.7. The van der Waals surface area contributed by atoms with Crippen LogP contribution in [0.25, 0.3) is 0 Å². The number of halogens is 1. The fraction of sp³-hybridized carbons (Fsp3) is 0.458. The molecule has 2 aromatic rings. The van der Waals surface area contributed by atoms with Gasteiger partial charge in [-0.1, -0.05) is 35.9 Å². The number of pyridine rings is 1. The Morgan fingerprint density at radius 3 is 2.59 bits per heavy atom. The van der Waals surface area contributed by atoms with Crippen LogP contribution in [0.3, 0.4) is 0 Å². The van der Waals surface area contributed by atoms with Gasteiger partial charge >= 0.3 is 0 Å². The maximum absolute atomic E-state index is 12.5. The second-order valence-electron chi connectivity index (χ2n) is 8.60. The Balaban J connectivity index is 1.24. The van der Waals surface area contributed by atoms with Crippen molar-refractivity contribution in [3.8, 4) is 0 Å². The van der Waals surface area contributed by atoms with Crippen LogP contribution in [-0.2, 0) is 6.54 Å². The van der Waals surface area contributed by atoms with Crippen molar-refractivity contribution in [2.45, 2.75) is 19.4 Å². The van der Waals surface area contributed by atoms with Gasteiger partial charge in [0, 0.05) is 44.0 Å². The van der Waals surface area contributed by atoms with Crippen LogP contribution in [-0.4, -0.2) is 73.2 Å². The number of nitrogens with zero attached hydrogens (tertiary/aromatic N) is 5. The lowest BCUT2D eigenvalue weighted by Crippen LogP contribution is -2.44. The number of anilines is 1. The maximum atomic E-state index is 12.5. The number of rotatable bonds is 6. The summed E-state index contributed by atoms with van der Waals surface area (Å²) in [5.41, 5.74) is 4.22. The molecule has 0 radical (unpaired) electrons. The number of piperazine rings is 1. The molecule has 0 saturated carbocycles. The molecular weight excluding hydrogens is 424 g/mol. The third-order valence-electron chi connectivity index (χ3n) is 6.23. The quantitative estimate of drug-likeness (QED) is 0.536. The van der Waals surface area contributed by atoms with Crippen LogP contribution in [0, 0.1) is 5.92 Å². The third-order valence-corrected chi connectivity index (χ3v) is 6.60. The van der Waals surface area contributed by atoms with Gasteiger partial charge in [0.05, 0.1) is 0 Å². The van der Waals surface area contributed by atoms with Gasteiger partial charge in [-0.2, -0.15) is 5.10 Å². The molecule has 1 aromatic heterocycles. The fourth-order valence-electron chi connectivity index (χ4n) is 4.15. The van der Waals surface area contributed by atoms with Crippen LogP contribution in [0.1, 0.15) is 28.9 Å². The number of hydrazone groups is 1. The summed E-state index contributed by atoms with van der Waals surface area (Å²) in [6.07, 6.45) is 3.90. The van der Waals surface area contributed by atoms with Gasteiger partial charge < -0.3 is 9.80 Å². The molecule has 170 valence electrons. The molecule has 32 heavy (non-hydrogen) atoms. The Bertz CT molecular complexity index is 936. The Morgan fingerprint density at radius 2 is 1.84 bits per heavy atom. The smallest absolute Gasteiger partial charge is 0.290 e. The molecule has 4 rings (SSSR count). The summed E-state index contributed by atoms with van der Waals surface area (Å²) in [6, 6.07) is 13.6. The predicted molar refractivity (Wildman–Crippen MR) is 129 cm³/mol. The summed E-state index contributed by atoms with van der Waals surface area (Å²) < 4.78 is 0. The van der Waals surface area contributed by atoms with Crippen LogP contribution in [0.5, 0.6) is 0 Å². The number of amides is 1. The van der Waals surface area contributed by atoms with E-state index in [1.165, 1.54) is 5.56 Å². The lowest BCUT2D eigenvalue weighted by Gasteiger charge is -2.33. The topological polar surface area (TPSA) is 64.1 Å². The zero-order chi connectivity index (χ0) is 22.3. The molecule has 1 aromatic carbocycles. The minimum atomic E-state index is -0.270. The van der Waals surface area contributed by atoms with Crippen molar-refractivity contribution in [3.63, 3.8) is 0 Å². The van der Waals surface area contributed by atoms with Crippen molar-refractivity contribution < 1.29 is 4.79 Å². The van der Waals surface area contributed by atoms with Gasteiger partial charge in [-0.25, -0.2) is 10.4 Å². The van der Waals surface area contributed by atoms with Crippen molar-refractivity contribution in [1.29, 1.82) is 0 Å². The van der Waals surface area contributed by atoms with E-state index in [1.54, 1.807) is 6.07 Å². The number of piperidine rings is 1. The Labute approximate surface area is 195 Å². The molecular formula is C24H31ClN6O. The number of hydrogen-bond acceptors (Lipinski definition) is 6. The Morgan fingerprint density at radius 1 is 1.09 bits per heavy atom. The van der Waals surface area contributed by atoms with Crippen molar-refractivity contribution in [2.75, 3.05) is 51.2 Å². The zero-order valence-corrected chi connectivity index (χ0v) is 19.3. The summed E-state index contributed by atoms with van der Waals surface area (Å²) >= 11 is 6.28. The normalized spacial score (nSPS) is 18.9. The molecule has 2 aliphatic heterocycles. The summed E-state index contributed by atoms with van der Waals surface area (Å²) in [5.74, 6) is 0.941. The highest BCUT2D eigenvalue weighted by Crippen LogP contribution is 2.21. The molecule has 0 atom stereocenters. The summed E-state index contributed by atoms with van der Waals surface area (Å²) in [5, 5.41) is 5.05. The van der Waals surface area contributed by atoms with Crippen LogP contribution < -0.4 is 10.3 Å². The van der Waals surface area contributed by atoms with E-state index in [0.29, 0.717) is 11.6 Å². The second kappa shape index (κ2) is 10.9. The molecule has 3 heterocycles. The highest BCUT2D eigenvalue weighted by atomic mass is 35.5. The fourth-order valence-corrected chi connectivity index (χ4v) is 4.34. The molecule has 0 bridgehead atoms. The average Bonchev–Trinajstić information content (AvgIpc) is 2.82. The van der Waals surface area contributed by atoms with Crippen molar-refractivity contribution in [2.24, 2.45) is 11.0 Å². The van der Waals surface area contributed by atoms with Gasteiger partial charge in [-0.05, 0) is 62.7 Å². The highest BCUT2D eigenvalue weighted by Gasteiger charge is 2.19. The predicted octanol–water partition coefficient (Wildman–Crippen LogP) is 3.11. The molecule has 2 fully saturated rings. The van der Waals surface area contributed by atoms with Gasteiger partial charge in [0.1, 0.15) is 11.5 Å². The van der Waals surface area contributed by atoms with Crippen LogP contribution in [0.2, 0.25) is 5.02 Å². The second-order valence-corrected chi connectivity index (χ2v) is 9.00. The van der Waals surface area contributed by atoms with Crippen molar-refractivity contribution in [3.05, 3.63) is 58.7 Å². The first kappa shape index (κ1) is 22.7. The zero-order valence-electron chi connectivity index (χ0n) is 18.6. The molecule has 2 saturated heterocycles. The lowest BCUT2D eigenvalue weighted by atomic mass is 9.98. The van der Waals surface area contributed by atoms with Crippen molar-refractivity contribution in [1.82, 2.24) is 20.2 Å². The SMILES string of the molecule is CN1CCN(c2cccc(C(=O)N/N=C/C3CCN(Cc4ccccc4Cl)CC3)n2)CC1. The van der Waals surface area contributed by atoms with E-state index >= 15 is 0 Å². The highest BCUT2D eigenvalue weighted by molar-refractivity contribution is 6.31. The van der Waals surface area contributed by atoms with E-state index in [4.69, 9.17) is 11.6 Å². The number of aromatic nitrogens is 1. The van der Waals surface area contributed by atoms with E-state index < -0.39 is 0 Å². The first-order chi connectivity index (χ1) is 15.6. The minimum Gasteiger partial charge on any atom is -0.354 e. The number of benzene rings is 1. The van der Waals surface area contributed by atoms with E-state index in [9.17, 15) is 4.79 Å². The van der Waals surface area contributed by atoms with Gasteiger partial charge in [0.15, 0.2) is 0 Å². The standard InChI is InChI=1S/C24H31ClN6O/c1-29-13-15-31(16-14-29)23-8-4-7-22(27-23)24(32)28-26-17-19-9-11-30(12-10-19)18-20-5-2-3-6-21(20)25/h2-8,17,19H,9-16,18H2,1H3,(H,28,32)/b26-17+. The number of likely N-dealkylation sites (N-methyl/N-ethyl adjacent to an activating group) is 1. The van der Waals surface area contributed by atoms with Gasteiger partial charge in [0.2, 0.25) is 0 Å². The maximum Gasteiger partial charge on any atom is 0.290 e. The number of carbonyl (C=O) groups is 1. The average molecular weight is 455 g/mol. The number of nitrogens with one attached hydrogen (secondary N) is 1. The van der Waals surface area contributed by atoms with E-state index in [2.05, 4.69) is 43.3 Å². The lowest BCUT2D eigenvalue weighted by molar-refractivity contribution is 0.0949. The molecule has 1 N–H and O–H groups in total. The number of carbonyl (C=O) groups excluding carboxylic acids is 1. The first-order valence-electron chi connectivity index (χ1n) is 11.3. The van der Waals surface area contributed by atoms with Gasteiger partial charge in [0.25, 0.3) is 5.91 Å². The monoisotopic (exact) mass is 454 g/mol. The summed E-state index contributed by atoms with van der Waals surface area (Å²) in [6.45, 7) is 6.69. The van der Waals surface area contributed by atoms with Crippen LogP contribution in [0.4, 0.5) is 5.82 Å². The summed E-state index contributed by atoms with van der Waals surface area (Å²) in [7, 11) is 2.12. The molecule has 8 heteroatoms. The van der Waals surface area contributed by atoms with E-state index in [-0.39, 0.29) is 5.91 Å². The molecule has 0 aliphatic carbocycles. The Kier molecular flexibility index (Phi) is 7.73. The van der Waals surface area contributed by atoms with Gasteiger partial charge in [-0.15, -0.1) is 0 Å². The minimum absolute atomic E-state index is 0.270. The van der Waals surface area contributed by atoms with Crippen LogP contribution in [0.15, 0.2) is 47.6 Å².